The number of hydrogen-bond donors (Lipinski definition) is 2. The predicted octanol–water partition coefficient (Wildman–Crippen LogP) is 2.96. The fraction of sp³-hybridized carbons (Fsp3) is 0.294. The Labute approximate surface area is 135 Å². The van der Waals surface area contributed by atoms with Gasteiger partial charge < -0.3 is 15.2 Å². The maximum atomic E-state index is 12.0. The summed E-state index contributed by atoms with van der Waals surface area (Å²) in [6, 6.07) is 11.2. The molecule has 2 N–H and O–H groups in total. The summed E-state index contributed by atoms with van der Waals surface area (Å²) in [5.74, 6) is 0.320. The SMILES string of the molecule is CN=C(CC=N)CCCNC(=O)c1cc(-c2ccccc2)on1. The number of amides is 1. The maximum absolute atomic E-state index is 12.0. The van der Waals surface area contributed by atoms with Gasteiger partial charge in [0.25, 0.3) is 5.91 Å². The van der Waals surface area contributed by atoms with Crippen LogP contribution in [0.5, 0.6) is 0 Å². The van der Waals surface area contributed by atoms with E-state index < -0.39 is 0 Å². The first-order valence-electron chi connectivity index (χ1n) is 7.48. The van der Waals surface area contributed by atoms with Crippen molar-refractivity contribution in [2.45, 2.75) is 19.3 Å². The zero-order valence-corrected chi connectivity index (χ0v) is 13.1. The van der Waals surface area contributed by atoms with Crippen molar-refractivity contribution in [3.8, 4) is 11.3 Å². The van der Waals surface area contributed by atoms with Gasteiger partial charge in [-0.15, -0.1) is 0 Å². The number of carbonyl (C=O) groups is 1. The normalized spacial score (nSPS) is 11.3. The van der Waals surface area contributed by atoms with Crippen molar-refractivity contribution in [1.29, 1.82) is 5.41 Å². The molecule has 23 heavy (non-hydrogen) atoms. The Bertz CT molecular complexity index is 677. The second-order valence-electron chi connectivity index (χ2n) is 5.00. The summed E-state index contributed by atoms with van der Waals surface area (Å²) in [7, 11) is 1.72. The Kier molecular flexibility index (Phi) is 6.23. The standard InChI is InChI=1S/C17H20N4O2/c1-19-14(9-10-18)8-5-11-20-17(22)15-12-16(23-21-15)13-6-3-2-4-7-13/h2-4,6-7,10,12,18H,5,8-9,11H2,1H3,(H,20,22). The highest BCUT2D eigenvalue weighted by molar-refractivity contribution is 5.95. The molecule has 0 aliphatic rings. The average Bonchev–Trinajstić information content (AvgIpc) is 3.08. The third-order valence-corrected chi connectivity index (χ3v) is 3.38. The van der Waals surface area contributed by atoms with Gasteiger partial charge in [0, 0.05) is 43.6 Å². The molecule has 1 amide bonds. The number of carbonyl (C=O) groups excluding carboxylic acids is 1. The van der Waals surface area contributed by atoms with Crippen molar-refractivity contribution >= 4 is 17.8 Å². The Morgan fingerprint density at radius 2 is 2.17 bits per heavy atom. The molecule has 0 unspecified atom stereocenters. The molecule has 0 saturated carbocycles. The first-order valence-corrected chi connectivity index (χ1v) is 7.48. The van der Waals surface area contributed by atoms with E-state index in [1.165, 1.54) is 6.21 Å². The van der Waals surface area contributed by atoms with Crippen LogP contribution >= 0.6 is 0 Å². The molecule has 0 spiro atoms. The van der Waals surface area contributed by atoms with E-state index in [1.807, 2.05) is 30.3 Å². The highest BCUT2D eigenvalue weighted by atomic mass is 16.5. The maximum Gasteiger partial charge on any atom is 0.273 e. The molecule has 1 aromatic heterocycles. The summed E-state index contributed by atoms with van der Waals surface area (Å²) in [5.41, 5.74) is 2.12. The largest absolute Gasteiger partial charge is 0.355 e. The van der Waals surface area contributed by atoms with Crippen LogP contribution in [0.2, 0.25) is 0 Å². The van der Waals surface area contributed by atoms with E-state index in [0.717, 1.165) is 24.1 Å². The zero-order chi connectivity index (χ0) is 16.5. The van der Waals surface area contributed by atoms with Crippen LogP contribution in [0.25, 0.3) is 11.3 Å². The number of aromatic nitrogens is 1. The van der Waals surface area contributed by atoms with Gasteiger partial charge in [0.1, 0.15) is 0 Å². The Hall–Kier alpha value is -2.76. The summed E-state index contributed by atoms with van der Waals surface area (Å²) in [6.45, 7) is 0.531. The molecule has 0 aliphatic heterocycles. The van der Waals surface area contributed by atoms with Gasteiger partial charge in [-0.2, -0.15) is 0 Å². The Morgan fingerprint density at radius 3 is 2.87 bits per heavy atom. The molecule has 120 valence electrons. The van der Waals surface area contributed by atoms with Crippen molar-refractivity contribution in [2.75, 3.05) is 13.6 Å². The van der Waals surface area contributed by atoms with Crippen molar-refractivity contribution in [3.05, 3.63) is 42.1 Å². The average molecular weight is 312 g/mol. The molecule has 0 aliphatic carbocycles. The molecule has 0 radical (unpaired) electrons. The first-order chi connectivity index (χ1) is 11.2. The minimum Gasteiger partial charge on any atom is -0.355 e. The second-order valence-corrected chi connectivity index (χ2v) is 5.00. The predicted molar refractivity (Wildman–Crippen MR) is 90.3 cm³/mol. The van der Waals surface area contributed by atoms with Gasteiger partial charge in [-0.3, -0.25) is 9.79 Å². The third kappa shape index (κ3) is 4.88. The van der Waals surface area contributed by atoms with Crippen molar-refractivity contribution in [2.24, 2.45) is 4.99 Å². The summed E-state index contributed by atoms with van der Waals surface area (Å²) >= 11 is 0. The summed E-state index contributed by atoms with van der Waals surface area (Å²) in [6.07, 6.45) is 3.44. The lowest BCUT2D eigenvalue weighted by molar-refractivity contribution is 0.0944. The van der Waals surface area contributed by atoms with Crippen molar-refractivity contribution in [3.63, 3.8) is 0 Å². The van der Waals surface area contributed by atoms with Gasteiger partial charge in [-0.25, -0.2) is 0 Å². The van der Waals surface area contributed by atoms with Crippen LogP contribution in [0.3, 0.4) is 0 Å². The molecule has 6 nitrogen and oxygen atoms in total. The zero-order valence-electron chi connectivity index (χ0n) is 13.1. The lowest BCUT2D eigenvalue weighted by atomic mass is 10.1. The minimum atomic E-state index is -0.252. The lowest BCUT2D eigenvalue weighted by Crippen LogP contribution is -2.25. The smallest absolute Gasteiger partial charge is 0.273 e. The van der Waals surface area contributed by atoms with E-state index in [2.05, 4.69) is 15.5 Å². The molecular weight excluding hydrogens is 292 g/mol. The minimum absolute atomic E-state index is 0.252. The molecular formula is C17H20N4O2. The van der Waals surface area contributed by atoms with Crippen LogP contribution in [-0.4, -0.2) is 36.6 Å². The molecule has 0 atom stereocenters. The van der Waals surface area contributed by atoms with Gasteiger partial charge in [-0.05, 0) is 12.8 Å². The van der Waals surface area contributed by atoms with Gasteiger partial charge in [0.2, 0.25) is 0 Å². The van der Waals surface area contributed by atoms with Crippen molar-refractivity contribution in [1.82, 2.24) is 10.5 Å². The lowest BCUT2D eigenvalue weighted by Gasteiger charge is -2.04. The fourth-order valence-corrected chi connectivity index (χ4v) is 2.13. The molecule has 0 saturated heterocycles. The molecule has 0 bridgehead atoms. The number of benzene rings is 1. The number of aliphatic imine (C=N–C) groups is 1. The van der Waals surface area contributed by atoms with E-state index in [4.69, 9.17) is 9.93 Å². The molecule has 1 aromatic carbocycles. The van der Waals surface area contributed by atoms with E-state index in [-0.39, 0.29) is 11.6 Å². The van der Waals surface area contributed by atoms with E-state index in [9.17, 15) is 4.79 Å². The van der Waals surface area contributed by atoms with Gasteiger partial charge in [-0.1, -0.05) is 35.5 Å². The first kappa shape index (κ1) is 16.6. The quantitative estimate of drug-likeness (QED) is 0.580. The molecule has 2 aromatic rings. The van der Waals surface area contributed by atoms with Crippen LogP contribution in [0.15, 0.2) is 45.9 Å². The van der Waals surface area contributed by atoms with E-state index in [1.54, 1.807) is 13.1 Å². The highest BCUT2D eigenvalue weighted by Crippen LogP contribution is 2.19. The number of nitrogens with zero attached hydrogens (tertiary/aromatic N) is 2. The topological polar surface area (TPSA) is 91.3 Å². The summed E-state index contributed by atoms with van der Waals surface area (Å²) in [5, 5.41) is 13.7. The Balaban J connectivity index is 1.83. The summed E-state index contributed by atoms with van der Waals surface area (Å²) < 4.78 is 5.21. The van der Waals surface area contributed by atoms with Gasteiger partial charge in [0.05, 0.1) is 0 Å². The molecule has 0 fully saturated rings. The van der Waals surface area contributed by atoms with Gasteiger partial charge >= 0.3 is 0 Å². The number of nitrogens with one attached hydrogen (secondary N) is 2. The van der Waals surface area contributed by atoms with Crippen LogP contribution < -0.4 is 5.32 Å². The second kappa shape index (κ2) is 8.63. The highest BCUT2D eigenvalue weighted by Gasteiger charge is 2.13. The van der Waals surface area contributed by atoms with Gasteiger partial charge in [0.15, 0.2) is 11.5 Å². The number of rotatable bonds is 8. The molecule has 6 heteroatoms. The van der Waals surface area contributed by atoms with Crippen LogP contribution in [0.1, 0.15) is 29.8 Å². The third-order valence-electron chi connectivity index (χ3n) is 3.38. The molecule has 1 heterocycles. The van der Waals surface area contributed by atoms with E-state index in [0.29, 0.717) is 18.7 Å². The van der Waals surface area contributed by atoms with Crippen LogP contribution in [0, 0.1) is 5.41 Å². The molecule has 2 rings (SSSR count). The summed E-state index contributed by atoms with van der Waals surface area (Å²) in [4.78, 5) is 16.1. The van der Waals surface area contributed by atoms with E-state index >= 15 is 0 Å². The van der Waals surface area contributed by atoms with Crippen molar-refractivity contribution < 1.29 is 9.32 Å². The fourth-order valence-electron chi connectivity index (χ4n) is 2.13. The Morgan fingerprint density at radius 1 is 1.39 bits per heavy atom. The number of hydrogen-bond acceptors (Lipinski definition) is 5. The van der Waals surface area contributed by atoms with Crippen LogP contribution in [0.4, 0.5) is 0 Å². The monoisotopic (exact) mass is 312 g/mol. The van der Waals surface area contributed by atoms with Crippen LogP contribution in [-0.2, 0) is 0 Å².